The van der Waals surface area contributed by atoms with E-state index in [0.717, 1.165) is 16.8 Å². The van der Waals surface area contributed by atoms with Crippen molar-refractivity contribution in [2.45, 2.75) is 11.6 Å². The van der Waals surface area contributed by atoms with Crippen LogP contribution in [0.2, 0.25) is 0 Å². The average molecular weight is 359 g/mol. The van der Waals surface area contributed by atoms with E-state index in [-0.39, 0.29) is 0 Å². The Morgan fingerprint density at radius 1 is 1.04 bits per heavy atom. The topological polar surface area (TPSA) is 85.2 Å². The maximum Gasteiger partial charge on any atom is 0.186 e. The summed E-state index contributed by atoms with van der Waals surface area (Å²) in [6.07, 6.45) is 1.70. The molecule has 0 radical (unpaired) electrons. The first kappa shape index (κ1) is 16.1. The number of tetrazole rings is 1. The van der Waals surface area contributed by atoms with E-state index < -0.39 is 0 Å². The molecule has 0 aliphatic heterocycles. The van der Waals surface area contributed by atoms with Gasteiger partial charge in [-0.3, -0.25) is 0 Å². The predicted molar refractivity (Wildman–Crippen MR) is 97.9 cm³/mol. The van der Waals surface area contributed by atoms with Gasteiger partial charge in [0, 0.05) is 0 Å². The quantitative estimate of drug-likeness (QED) is 0.566. The van der Waals surface area contributed by atoms with E-state index in [1.807, 2.05) is 42.5 Å². The van der Waals surface area contributed by atoms with Gasteiger partial charge in [-0.15, -0.1) is 17.7 Å². The number of para-hydroxylation sites is 1. The van der Waals surface area contributed by atoms with Gasteiger partial charge < -0.3 is 0 Å². The van der Waals surface area contributed by atoms with Crippen molar-refractivity contribution in [2.24, 2.45) is 0 Å². The molecule has 2 aromatic carbocycles. The number of hydrogen-bond donors (Lipinski definition) is 1. The van der Waals surface area contributed by atoms with Crippen LogP contribution in [0.15, 0.2) is 65.8 Å². The lowest BCUT2D eigenvalue weighted by Gasteiger charge is -2.06. The Labute approximate surface area is 154 Å². The molecule has 26 heavy (non-hydrogen) atoms. The molecule has 0 bridgehead atoms. The zero-order valence-electron chi connectivity index (χ0n) is 13.6. The van der Waals surface area contributed by atoms with Gasteiger partial charge >= 0.3 is 0 Å². The standard InChI is InChI=1S/C18H13N7S/c19-10-13-6-8-14(9-7-13)12-24-17(21-22-23-24)16-11-20-25(18(16)26)15-4-2-1-3-5-15/h1-9,11,26H,12H2. The summed E-state index contributed by atoms with van der Waals surface area (Å²) in [6, 6.07) is 19.2. The van der Waals surface area contributed by atoms with E-state index in [0.29, 0.717) is 23.0 Å². The number of hydrogen-bond acceptors (Lipinski definition) is 6. The molecule has 4 rings (SSSR count). The number of aromatic nitrogens is 6. The normalized spacial score (nSPS) is 10.6. The summed E-state index contributed by atoms with van der Waals surface area (Å²) in [4.78, 5) is 0. The third-order valence-corrected chi connectivity index (χ3v) is 4.36. The minimum absolute atomic E-state index is 0.484. The second-order valence-corrected chi connectivity index (χ2v) is 6.02. The first-order chi connectivity index (χ1) is 12.8. The van der Waals surface area contributed by atoms with Crippen molar-refractivity contribution in [1.82, 2.24) is 30.0 Å². The Morgan fingerprint density at radius 3 is 2.54 bits per heavy atom. The van der Waals surface area contributed by atoms with E-state index in [1.54, 1.807) is 27.7 Å². The first-order valence-electron chi connectivity index (χ1n) is 7.84. The lowest BCUT2D eigenvalue weighted by atomic mass is 10.1. The van der Waals surface area contributed by atoms with Crippen molar-refractivity contribution in [2.75, 3.05) is 0 Å². The molecule has 0 unspecified atom stereocenters. The second-order valence-electron chi connectivity index (χ2n) is 5.60. The summed E-state index contributed by atoms with van der Waals surface area (Å²) in [7, 11) is 0. The molecule has 0 fully saturated rings. The van der Waals surface area contributed by atoms with Crippen molar-refractivity contribution in [3.8, 4) is 23.1 Å². The fraction of sp³-hybridized carbons (Fsp3) is 0.0556. The predicted octanol–water partition coefficient (Wildman–Crippen LogP) is 2.73. The summed E-state index contributed by atoms with van der Waals surface area (Å²) in [5.41, 5.74) is 3.27. The third kappa shape index (κ3) is 2.96. The Morgan fingerprint density at radius 2 is 1.81 bits per heavy atom. The largest absolute Gasteiger partial charge is 0.227 e. The van der Waals surface area contributed by atoms with Crippen molar-refractivity contribution >= 4 is 12.6 Å². The smallest absolute Gasteiger partial charge is 0.186 e. The van der Waals surface area contributed by atoms with Crippen LogP contribution in [-0.4, -0.2) is 30.0 Å². The van der Waals surface area contributed by atoms with Gasteiger partial charge in [0.15, 0.2) is 5.82 Å². The maximum absolute atomic E-state index is 8.90. The maximum atomic E-state index is 8.90. The van der Waals surface area contributed by atoms with Crippen LogP contribution in [0.5, 0.6) is 0 Å². The lowest BCUT2D eigenvalue weighted by Crippen LogP contribution is -2.04. The molecule has 0 atom stereocenters. The van der Waals surface area contributed by atoms with Gasteiger partial charge in [-0.1, -0.05) is 30.3 Å². The molecule has 2 heterocycles. The van der Waals surface area contributed by atoms with Crippen LogP contribution >= 0.6 is 12.6 Å². The fourth-order valence-electron chi connectivity index (χ4n) is 2.62. The van der Waals surface area contributed by atoms with Crippen molar-refractivity contribution in [3.63, 3.8) is 0 Å². The Hall–Kier alpha value is -3.44. The molecule has 0 aliphatic rings. The van der Waals surface area contributed by atoms with Crippen molar-refractivity contribution in [1.29, 1.82) is 5.26 Å². The fourth-order valence-corrected chi connectivity index (χ4v) is 2.94. The minimum Gasteiger partial charge on any atom is -0.227 e. The van der Waals surface area contributed by atoms with E-state index >= 15 is 0 Å². The summed E-state index contributed by atoms with van der Waals surface area (Å²) in [5, 5.41) is 26.0. The van der Waals surface area contributed by atoms with Gasteiger partial charge in [0.25, 0.3) is 0 Å². The van der Waals surface area contributed by atoms with Crippen molar-refractivity contribution < 1.29 is 0 Å². The van der Waals surface area contributed by atoms with E-state index in [1.165, 1.54) is 0 Å². The van der Waals surface area contributed by atoms with Gasteiger partial charge in [-0.05, 0) is 40.3 Å². The monoisotopic (exact) mass is 359 g/mol. The van der Waals surface area contributed by atoms with Crippen LogP contribution in [0.1, 0.15) is 11.1 Å². The highest BCUT2D eigenvalue weighted by molar-refractivity contribution is 7.80. The van der Waals surface area contributed by atoms with Gasteiger partial charge in [0.05, 0.1) is 35.6 Å². The molecular weight excluding hydrogens is 346 g/mol. The number of nitrogens with zero attached hydrogens (tertiary/aromatic N) is 7. The van der Waals surface area contributed by atoms with Crippen LogP contribution in [0.25, 0.3) is 17.1 Å². The molecule has 126 valence electrons. The number of rotatable bonds is 4. The van der Waals surface area contributed by atoms with E-state index in [2.05, 4.69) is 39.3 Å². The zero-order chi connectivity index (χ0) is 17.9. The third-order valence-electron chi connectivity index (χ3n) is 3.93. The minimum atomic E-state index is 0.484. The van der Waals surface area contributed by atoms with Crippen LogP contribution in [-0.2, 0) is 6.54 Å². The van der Waals surface area contributed by atoms with Crippen molar-refractivity contribution in [3.05, 3.63) is 71.9 Å². The summed E-state index contributed by atoms with van der Waals surface area (Å²) < 4.78 is 3.42. The highest BCUT2D eigenvalue weighted by Gasteiger charge is 2.17. The molecular formula is C18H13N7S. The number of benzene rings is 2. The Balaban J connectivity index is 1.67. The highest BCUT2D eigenvalue weighted by atomic mass is 32.1. The molecule has 7 nitrogen and oxygen atoms in total. The first-order valence-corrected chi connectivity index (χ1v) is 8.29. The molecule has 4 aromatic rings. The summed E-state index contributed by atoms with van der Waals surface area (Å²) in [6.45, 7) is 0.484. The molecule has 0 N–H and O–H groups in total. The Bertz CT molecular complexity index is 1070. The van der Waals surface area contributed by atoms with Crippen LogP contribution in [0.4, 0.5) is 0 Å². The molecule has 2 aromatic heterocycles. The van der Waals surface area contributed by atoms with Gasteiger partial charge in [0.1, 0.15) is 5.03 Å². The van der Waals surface area contributed by atoms with E-state index in [9.17, 15) is 0 Å². The zero-order valence-corrected chi connectivity index (χ0v) is 14.5. The number of thiol groups is 1. The molecule has 8 heteroatoms. The van der Waals surface area contributed by atoms with Crippen LogP contribution < -0.4 is 0 Å². The lowest BCUT2D eigenvalue weighted by molar-refractivity contribution is 0.652. The molecule has 0 amide bonds. The van der Waals surface area contributed by atoms with Crippen LogP contribution in [0, 0.1) is 11.3 Å². The SMILES string of the molecule is N#Cc1ccc(Cn2nnnc2-c2cnn(-c3ccccc3)c2S)cc1. The second kappa shape index (κ2) is 6.82. The summed E-state index contributed by atoms with van der Waals surface area (Å²) in [5.74, 6) is 0.585. The molecule has 0 spiro atoms. The van der Waals surface area contributed by atoms with E-state index in [4.69, 9.17) is 5.26 Å². The van der Waals surface area contributed by atoms with Gasteiger partial charge in [-0.25, -0.2) is 9.36 Å². The number of nitriles is 1. The average Bonchev–Trinajstić information content (AvgIpc) is 3.29. The van der Waals surface area contributed by atoms with Gasteiger partial charge in [-0.2, -0.15) is 10.4 Å². The van der Waals surface area contributed by atoms with Gasteiger partial charge in [0.2, 0.25) is 0 Å². The molecule has 0 aliphatic carbocycles. The summed E-state index contributed by atoms with van der Waals surface area (Å²) >= 11 is 4.62. The van der Waals surface area contributed by atoms with Crippen LogP contribution in [0.3, 0.4) is 0 Å². The highest BCUT2D eigenvalue weighted by Crippen LogP contribution is 2.26. The Kier molecular flexibility index (Phi) is 4.21. The molecule has 0 saturated carbocycles. The molecule has 0 saturated heterocycles.